The Morgan fingerprint density at radius 3 is 2.68 bits per heavy atom. The third-order valence-electron chi connectivity index (χ3n) is 4.42. The highest BCUT2D eigenvalue weighted by molar-refractivity contribution is 5.93. The van der Waals surface area contributed by atoms with Gasteiger partial charge in [0.05, 0.1) is 11.2 Å². The summed E-state index contributed by atoms with van der Waals surface area (Å²) in [5, 5.41) is 0.948. The molecule has 0 unspecified atom stereocenters. The van der Waals surface area contributed by atoms with Crippen LogP contribution in [0, 0.1) is 0 Å². The van der Waals surface area contributed by atoms with Crippen molar-refractivity contribution in [2.45, 2.75) is 12.8 Å². The summed E-state index contributed by atoms with van der Waals surface area (Å²) in [6.45, 7) is 0. The second-order valence-corrected chi connectivity index (χ2v) is 6.09. The van der Waals surface area contributed by atoms with Crippen LogP contribution in [0.15, 0.2) is 61.1 Å². The molecule has 0 fully saturated rings. The van der Waals surface area contributed by atoms with Crippen molar-refractivity contribution in [3.8, 4) is 11.4 Å². The van der Waals surface area contributed by atoms with Gasteiger partial charge in [0.25, 0.3) is 0 Å². The van der Waals surface area contributed by atoms with E-state index in [-0.39, 0.29) is 0 Å². The molecule has 2 N–H and O–H groups in total. The van der Waals surface area contributed by atoms with Crippen LogP contribution >= 0.6 is 0 Å². The fourth-order valence-electron chi connectivity index (χ4n) is 3.10. The molecule has 0 aliphatic heterocycles. The summed E-state index contributed by atoms with van der Waals surface area (Å²) >= 11 is 0. The number of fused-ring (bicyclic) bond motifs is 1. The van der Waals surface area contributed by atoms with Gasteiger partial charge in [-0.1, -0.05) is 6.07 Å². The van der Waals surface area contributed by atoms with E-state index in [1.807, 2.05) is 30.3 Å². The number of aryl methyl sites for hydroxylation is 3. The van der Waals surface area contributed by atoms with Gasteiger partial charge in [-0.3, -0.25) is 4.98 Å². The van der Waals surface area contributed by atoms with E-state index in [2.05, 4.69) is 34.9 Å². The van der Waals surface area contributed by atoms with Crippen LogP contribution in [0.5, 0.6) is 0 Å². The van der Waals surface area contributed by atoms with Crippen LogP contribution in [0.2, 0.25) is 0 Å². The molecule has 0 spiro atoms. The lowest BCUT2D eigenvalue weighted by Crippen LogP contribution is -2.04. The summed E-state index contributed by atoms with van der Waals surface area (Å²) in [5.74, 6) is 0.688. The molecule has 0 aliphatic rings. The molecule has 5 heteroatoms. The molecule has 0 atom stereocenters. The average molecular weight is 329 g/mol. The summed E-state index contributed by atoms with van der Waals surface area (Å²) in [4.78, 5) is 13.7. The summed E-state index contributed by atoms with van der Waals surface area (Å²) in [7, 11) is 2.06. The van der Waals surface area contributed by atoms with Crippen LogP contribution in [0.25, 0.3) is 22.3 Å². The van der Waals surface area contributed by atoms with Crippen LogP contribution in [-0.4, -0.2) is 19.5 Å². The zero-order chi connectivity index (χ0) is 17.2. The quantitative estimate of drug-likeness (QED) is 0.583. The summed E-state index contributed by atoms with van der Waals surface area (Å²) in [5.41, 5.74) is 11.0. The maximum Gasteiger partial charge on any atom is 0.161 e. The minimum absolute atomic E-state index is 0.688. The first-order valence-corrected chi connectivity index (χ1v) is 8.28. The summed E-state index contributed by atoms with van der Waals surface area (Å²) in [6.07, 6.45) is 7.30. The predicted octanol–water partition coefficient (Wildman–Crippen LogP) is 3.40. The lowest BCUT2D eigenvalue weighted by Gasteiger charge is -2.11. The number of hydrogen-bond donors (Lipinski definition) is 1. The number of nitrogens with zero attached hydrogens (tertiary/aromatic N) is 4. The fourth-order valence-corrected chi connectivity index (χ4v) is 3.10. The van der Waals surface area contributed by atoms with Crippen molar-refractivity contribution in [2.75, 3.05) is 5.73 Å². The number of nitrogens with two attached hydrogens (primary N) is 1. The summed E-state index contributed by atoms with van der Waals surface area (Å²) < 4.78 is 2.13. The number of rotatable bonds is 4. The largest absolute Gasteiger partial charge is 0.398 e. The van der Waals surface area contributed by atoms with Gasteiger partial charge in [-0.15, -0.1) is 0 Å². The molecule has 0 bridgehead atoms. The molecule has 25 heavy (non-hydrogen) atoms. The van der Waals surface area contributed by atoms with Gasteiger partial charge in [0.1, 0.15) is 0 Å². The lowest BCUT2D eigenvalue weighted by atomic mass is 10.1. The van der Waals surface area contributed by atoms with Gasteiger partial charge in [-0.05, 0) is 49.2 Å². The molecule has 4 rings (SSSR count). The molecule has 5 nitrogen and oxygen atoms in total. The van der Waals surface area contributed by atoms with E-state index < -0.39 is 0 Å². The third-order valence-corrected chi connectivity index (χ3v) is 4.42. The standard InChI is InChI=1S/C20H19N5/c1-25-12-4-6-15(25)9-10-18-19-16(21)7-2-8-17(19)23-20(24-18)14-5-3-11-22-13-14/h2-8,11-13H,9-10,21H2,1H3. The van der Waals surface area contributed by atoms with Crippen LogP contribution in [-0.2, 0) is 19.9 Å². The van der Waals surface area contributed by atoms with Gasteiger partial charge in [-0.25, -0.2) is 9.97 Å². The zero-order valence-corrected chi connectivity index (χ0v) is 14.1. The zero-order valence-electron chi connectivity index (χ0n) is 14.1. The molecule has 124 valence electrons. The van der Waals surface area contributed by atoms with E-state index in [1.54, 1.807) is 12.4 Å². The SMILES string of the molecule is Cn1cccc1CCc1nc(-c2cccnc2)nc2cccc(N)c12. The number of benzene rings is 1. The topological polar surface area (TPSA) is 69.6 Å². The van der Waals surface area contributed by atoms with Gasteiger partial charge in [0.2, 0.25) is 0 Å². The minimum Gasteiger partial charge on any atom is -0.398 e. The van der Waals surface area contributed by atoms with Gasteiger partial charge in [-0.2, -0.15) is 0 Å². The van der Waals surface area contributed by atoms with E-state index in [0.717, 1.165) is 40.7 Å². The molecule has 0 radical (unpaired) electrons. The Balaban J connectivity index is 1.81. The number of nitrogen functional groups attached to an aromatic ring is 1. The van der Waals surface area contributed by atoms with Crippen LogP contribution in [0.4, 0.5) is 5.69 Å². The normalized spacial score (nSPS) is 11.1. The minimum atomic E-state index is 0.688. The molecular weight excluding hydrogens is 310 g/mol. The van der Waals surface area contributed by atoms with E-state index in [1.165, 1.54) is 5.69 Å². The van der Waals surface area contributed by atoms with Crippen molar-refractivity contribution < 1.29 is 0 Å². The third kappa shape index (κ3) is 2.96. The molecule has 3 aromatic heterocycles. The molecule has 3 heterocycles. The van der Waals surface area contributed by atoms with Crippen LogP contribution in [0.1, 0.15) is 11.4 Å². The Morgan fingerprint density at radius 2 is 1.92 bits per heavy atom. The predicted molar refractivity (Wildman–Crippen MR) is 100 cm³/mol. The Hall–Kier alpha value is -3.21. The van der Waals surface area contributed by atoms with Crippen molar-refractivity contribution in [1.29, 1.82) is 0 Å². The van der Waals surface area contributed by atoms with Crippen LogP contribution < -0.4 is 5.73 Å². The molecule has 0 amide bonds. The van der Waals surface area contributed by atoms with E-state index >= 15 is 0 Å². The van der Waals surface area contributed by atoms with Gasteiger partial charge < -0.3 is 10.3 Å². The number of aromatic nitrogens is 4. The van der Waals surface area contributed by atoms with E-state index in [4.69, 9.17) is 15.7 Å². The van der Waals surface area contributed by atoms with E-state index in [0.29, 0.717) is 5.82 Å². The molecular formula is C20H19N5. The first-order chi connectivity index (χ1) is 12.2. The van der Waals surface area contributed by atoms with Crippen molar-refractivity contribution >= 4 is 16.6 Å². The number of anilines is 1. The average Bonchev–Trinajstić information content (AvgIpc) is 3.05. The summed E-state index contributed by atoms with van der Waals surface area (Å²) in [6, 6.07) is 13.9. The van der Waals surface area contributed by atoms with Crippen molar-refractivity contribution in [3.63, 3.8) is 0 Å². The highest BCUT2D eigenvalue weighted by Gasteiger charge is 2.12. The van der Waals surface area contributed by atoms with Gasteiger partial charge >= 0.3 is 0 Å². The first kappa shape index (κ1) is 15.3. The monoisotopic (exact) mass is 329 g/mol. The van der Waals surface area contributed by atoms with Crippen molar-refractivity contribution in [2.24, 2.45) is 7.05 Å². The smallest absolute Gasteiger partial charge is 0.161 e. The Labute approximate surface area is 146 Å². The second-order valence-electron chi connectivity index (χ2n) is 6.09. The van der Waals surface area contributed by atoms with Crippen LogP contribution in [0.3, 0.4) is 0 Å². The van der Waals surface area contributed by atoms with E-state index in [9.17, 15) is 0 Å². The maximum absolute atomic E-state index is 6.23. The fraction of sp³-hybridized carbons (Fsp3) is 0.150. The van der Waals surface area contributed by atoms with Crippen molar-refractivity contribution in [1.82, 2.24) is 19.5 Å². The Morgan fingerprint density at radius 1 is 1.00 bits per heavy atom. The molecule has 0 saturated heterocycles. The first-order valence-electron chi connectivity index (χ1n) is 8.28. The molecule has 0 aliphatic carbocycles. The second kappa shape index (κ2) is 6.36. The number of pyridine rings is 1. The lowest BCUT2D eigenvalue weighted by molar-refractivity contribution is 0.792. The highest BCUT2D eigenvalue weighted by Crippen LogP contribution is 2.26. The highest BCUT2D eigenvalue weighted by atomic mass is 14.9. The molecule has 1 aromatic carbocycles. The van der Waals surface area contributed by atoms with Gasteiger partial charge in [0.15, 0.2) is 5.82 Å². The number of hydrogen-bond acceptors (Lipinski definition) is 4. The van der Waals surface area contributed by atoms with Crippen molar-refractivity contribution in [3.05, 3.63) is 72.4 Å². The molecule has 4 aromatic rings. The Bertz CT molecular complexity index is 1020. The Kier molecular flexibility index (Phi) is 3.90. The van der Waals surface area contributed by atoms with Gasteiger partial charge in [0, 0.05) is 48.0 Å². The molecule has 0 saturated carbocycles. The maximum atomic E-state index is 6.23.